The number of hydrogen-bond acceptors (Lipinski definition) is 4. The fraction of sp³-hybridized carbons (Fsp3) is 0.800. The number of carbonyl (C=O) groups is 1. The number of carbonyl (C=O) groups excluding carboxylic acids is 1. The van der Waals surface area contributed by atoms with E-state index in [1.165, 1.54) is 19.0 Å². The molecular weight excluding hydrogens is 184 g/mol. The first kappa shape index (κ1) is 11.2. The van der Waals surface area contributed by atoms with Crippen molar-refractivity contribution in [2.75, 3.05) is 26.5 Å². The van der Waals surface area contributed by atoms with Crippen molar-refractivity contribution in [3.05, 3.63) is 0 Å². The molecule has 12 heavy (non-hydrogen) atoms. The van der Waals surface area contributed by atoms with Crippen LogP contribution >= 0.6 is 0 Å². The van der Waals surface area contributed by atoms with Crippen LogP contribution in [0, 0.1) is 0 Å². The Morgan fingerprint density at radius 2 is 2.00 bits per heavy atom. The highest BCUT2D eigenvalue weighted by molar-refractivity contribution is 7.89. The minimum atomic E-state index is -3.54. The van der Waals surface area contributed by atoms with Gasteiger partial charge >= 0.3 is 6.09 Å². The number of nitrogens with zero attached hydrogens (tertiary/aromatic N) is 1. The lowest BCUT2D eigenvalue weighted by atomic mass is 10.8. The summed E-state index contributed by atoms with van der Waals surface area (Å²) in [7, 11) is -0.543. The fourth-order valence-corrected chi connectivity index (χ4v) is 0.690. The second kappa shape index (κ2) is 4.27. The average Bonchev–Trinajstić information content (AvgIpc) is 1.84. The lowest BCUT2D eigenvalue weighted by molar-refractivity contribution is 0.124. The van der Waals surface area contributed by atoms with Gasteiger partial charge in [0.05, 0.1) is 5.75 Å². The molecule has 0 saturated heterocycles. The third-order valence-electron chi connectivity index (χ3n) is 0.959. The van der Waals surface area contributed by atoms with E-state index in [0.717, 1.165) is 0 Å². The third-order valence-corrected chi connectivity index (χ3v) is 1.69. The first-order valence-corrected chi connectivity index (χ1v) is 4.89. The van der Waals surface area contributed by atoms with E-state index in [4.69, 9.17) is 0 Å². The van der Waals surface area contributed by atoms with Crippen molar-refractivity contribution in [2.24, 2.45) is 5.14 Å². The van der Waals surface area contributed by atoms with Gasteiger partial charge in [-0.15, -0.1) is 0 Å². The van der Waals surface area contributed by atoms with Crippen LogP contribution in [0.25, 0.3) is 0 Å². The van der Waals surface area contributed by atoms with Crippen LogP contribution in [-0.2, 0) is 14.8 Å². The lowest BCUT2D eigenvalue weighted by Gasteiger charge is -2.09. The number of amides is 1. The molecule has 0 atom stereocenters. The van der Waals surface area contributed by atoms with Crippen molar-refractivity contribution in [3.8, 4) is 0 Å². The van der Waals surface area contributed by atoms with Crippen LogP contribution in [0.5, 0.6) is 0 Å². The molecule has 0 aliphatic carbocycles. The molecule has 0 spiro atoms. The smallest absolute Gasteiger partial charge is 0.409 e. The molecule has 7 heteroatoms. The summed E-state index contributed by atoms with van der Waals surface area (Å²) in [6, 6.07) is 0. The zero-order chi connectivity index (χ0) is 9.78. The zero-order valence-corrected chi connectivity index (χ0v) is 7.80. The van der Waals surface area contributed by atoms with Gasteiger partial charge in [-0.1, -0.05) is 0 Å². The molecule has 0 unspecified atom stereocenters. The van der Waals surface area contributed by atoms with Crippen LogP contribution in [0.15, 0.2) is 0 Å². The quantitative estimate of drug-likeness (QED) is 0.625. The number of nitrogens with two attached hydrogens (primary N) is 1. The van der Waals surface area contributed by atoms with E-state index >= 15 is 0 Å². The predicted molar refractivity (Wildman–Crippen MR) is 43.0 cm³/mol. The Bertz CT molecular complexity index is 246. The summed E-state index contributed by atoms with van der Waals surface area (Å²) >= 11 is 0. The summed E-state index contributed by atoms with van der Waals surface area (Å²) in [5.41, 5.74) is 0. The van der Waals surface area contributed by atoms with Crippen LogP contribution in [0.4, 0.5) is 4.79 Å². The number of primary sulfonamides is 1. The standard InChI is InChI=1S/C5H12N2O4S/c1-7(2)5(8)11-3-4-12(6,9)10/h3-4H2,1-2H3,(H2,6,9,10). The predicted octanol–water partition coefficient (Wildman–Crippen LogP) is -1.03. The van der Waals surface area contributed by atoms with Gasteiger partial charge in [-0.25, -0.2) is 18.4 Å². The number of rotatable bonds is 3. The van der Waals surface area contributed by atoms with Gasteiger partial charge in [0.1, 0.15) is 6.61 Å². The number of hydrogen-bond donors (Lipinski definition) is 1. The molecule has 0 aliphatic rings. The van der Waals surface area contributed by atoms with Gasteiger partial charge < -0.3 is 9.64 Å². The van der Waals surface area contributed by atoms with Gasteiger partial charge in [0.15, 0.2) is 0 Å². The Morgan fingerprint density at radius 3 is 2.33 bits per heavy atom. The maximum Gasteiger partial charge on any atom is 0.409 e. The molecule has 0 bridgehead atoms. The van der Waals surface area contributed by atoms with E-state index in [2.05, 4.69) is 9.88 Å². The molecule has 6 nitrogen and oxygen atoms in total. The van der Waals surface area contributed by atoms with Gasteiger partial charge in [0, 0.05) is 14.1 Å². The molecule has 72 valence electrons. The molecule has 0 rings (SSSR count). The molecule has 1 amide bonds. The number of sulfonamides is 1. The molecule has 0 aromatic rings. The van der Waals surface area contributed by atoms with E-state index in [9.17, 15) is 13.2 Å². The molecule has 0 heterocycles. The molecule has 0 fully saturated rings. The van der Waals surface area contributed by atoms with Crippen molar-refractivity contribution < 1.29 is 17.9 Å². The van der Waals surface area contributed by atoms with E-state index in [0.29, 0.717) is 0 Å². The van der Waals surface area contributed by atoms with Crippen molar-refractivity contribution in [2.45, 2.75) is 0 Å². The SMILES string of the molecule is CN(C)C(=O)OCCS(N)(=O)=O. The summed E-state index contributed by atoms with van der Waals surface area (Å²) in [6.45, 7) is -0.212. The van der Waals surface area contributed by atoms with E-state index in [1.54, 1.807) is 0 Å². The molecule has 2 N–H and O–H groups in total. The van der Waals surface area contributed by atoms with Crippen molar-refractivity contribution in [1.29, 1.82) is 0 Å². The highest BCUT2D eigenvalue weighted by Crippen LogP contribution is 1.86. The van der Waals surface area contributed by atoms with Crippen molar-refractivity contribution in [3.63, 3.8) is 0 Å². The second-order valence-electron chi connectivity index (χ2n) is 2.38. The minimum Gasteiger partial charge on any atom is -0.448 e. The maximum absolute atomic E-state index is 10.7. The maximum atomic E-state index is 10.7. The van der Waals surface area contributed by atoms with Crippen LogP contribution in [0.3, 0.4) is 0 Å². The third kappa shape index (κ3) is 5.93. The first-order chi connectivity index (χ1) is 5.33. The Labute approximate surface area is 71.3 Å². The Balaban J connectivity index is 3.66. The van der Waals surface area contributed by atoms with Crippen LogP contribution < -0.4 is 5.14 Å². The van der Waals surface area contributed by atoms with Gasteiger partial charge in [0.2, 0.25) is 10.0 Å². The van der Waals surface area contributed by atoms with Crippen molar-refractivity contribution >= 4 is 16.1 Å². The van der Waals surface area contributed by atoms with E-state index in [-0.39, 0.29) is 12.4 Å². The summed E-state index contributed by atoms with van der Waals surface area (Å²) in [4.78, 5) is 11.9. The largest absolute Gasteiger partial charge is 0.448 e. The molecule has 0 aromatic heterocycles. The number of ether oxygens (including phenoxy) is 1. The van der Waals surface area contributed by atoms with E-state index < -0.39 is 16.1 Å². The molecule has 0 aromatic carbocycles. The summed E-state index contributed by atoms with van der Waals surface area (Å²) in [5, 5.41) is 4.67. The van der Waals surface area contributed by atoms with Crippen LogP contribution in [-0.4, -0.2) is 45.9 Å². The normalized spacial score (nSPS) is 10.9. The average molecular weight is 196 g/mol. The van der Waals surface area contributed by atoms with E-state index in [1.807, 2.05) is 0 Å². The summed E-state index contributed by atoms with van der Waals surface area (Å²) in [6.07, 6.45) is -0.585. The van der Waals surface area contributed by atoms with Crippen LogP contribution in [0.2, 0.25) is 0 Å². The monoisotopic (exact) mass is 196 g/mol. The molecule has 0 aliphatic heterocycles. The highest BCUT2D eigenvalue weighted by atomic mass is 32.2. The van der Waals surface area contributed by atoms with Gasteiger partial charge in [-0.3, -0.25) is 0 Å². The van der Waals surface area contributed by atoms with Gasteiger partial charge in [0.25, 0.3) is 0 Å². The Kier molecular flexibility index (Phi) is 3.98. The summed E-state index contributed by atoms with van der Waals surface area (Å²) in [5.74, 6) is -0.355. The first-order valence-electron chi connectivity index (χ1n) is 3.17. The zero-order valence-electron chi connectivity index (χ0n) is 6.98. The Morgan fingerprint density at radius 1 is 1.50 bits per heavy atom. The second-order valence-corrected chi connectivity index (χ2v) is 4.11. The molecule has 0 radical (unpaired) electrons. The summed E-state index contributed by atoms with van der Waals surface area (Å²) < 4.78 is 25.2. The molecular formula is C5H12N2O4S. The van der Waals surface area contributed by atoms with Gasteiger partial charge in [-0.05, 0) is 0 Å². The lowest BCUT2D eigenvalue weighted by Crippen LogP contribution is -2.27. The van der Waals surface area contributed by atoms with Gasteiger partial charge in [-0.2, -0.15) is 0 Å². The molecule has 0 saturated carbocycles. The van der Waals surface area contributed by atoms with Crippen LogP contribution in [0.1, 0.15) is 0 Å². The fourth-order valence-electron chi connectivity index (χ4n) is 0.374. The van der Waals surface area contributed by atoms with Crippen molar-refractivity contribution in [1.82, 2.24) is 4.90 Å². The topological polar surface area (TPSA) is 89.7 Å². The Hall–Kier alpha value is -0.820. The minimum absolute atomic E-state index is 0.212. The highest BCUT2D eigenvalue weighted by Gasteiger charge is 2.07.